The summed E-state index contributed by atoms with van der Waals surface area (Å²) >= 11 is 0. The van der Waals surface area contributed by atoms with Gasteiger partial charge in [-0.15, -0.1) is 0 Å². The maximum Gasteiger partial charge on any atom is -0.00234 e. The van der Waals surface area contributed by atoms with Gasteiger partial charge in [0.25, 0.3) is 0 Å². The van der Waals surface area contributed by atoms with Crippen LogP contribution < -0.4 is 5.32 Å². The van der Waals surface area contributed by atoms with Gasteiger partial charge in [-0.2, -0.15) is 0 Å². The van der Waals surface area contributed by atoms with E-state index in [1.807, 2.05) is 0 Å². The summed E-state index contributed by atoms with van der Waals surface area (Å²) in [5.41, 5.74) is 0. The zero-order valence-corrected chi connectivity index (χ0v) is 9.76. The first kappa shape index (κ1) is 10.5. The zero-order chi connectivity index (χ0) is 9.97. The zero-order valence-electron chi connectivity index (χ0n) is 9.76. The molecule has 1 N–H and O–H groups in total. The van der Waals surface area contributed by atoms with Crippen molar-refractivity contribution < 1.29 is 0 Å². The molecule has 1 heteroatoms. The first-order valence-corrected chi connectivity index (χ1v) is 6.44. The quantitative estimate of drug-likeness (QED) is 0.714. The van der Waals surface area contributed by atoms with Crippen molar-refractivity contribution in [2.75, 3.05) is 13.6 Å². The van der Waals surface area contributed by atoms with E-state index in [0.29, 0.717) is 0 Å². The molecule has 82 valence electrons. The van der Waals surface area contributed by atoms with E-state index in [1.54, 1.807) is 0 Å². The fourth-order valence-electron chi connectivity index (χ4n) is 3.70. The summed E-state index contributed by atoms with van der Waals surface area (Å²) in [6.45, 7) is 3.69. The predicted octanol–water partition coefficient (Wildman–Crippen LogP) is 3.06. The molecule has 0 saturated heterocycles. The van der Waals surface area contributed by atoms with E-state index in [1.165, 1.54) is 45.1 Å². The molecule has 0 aromatic rings. The highest BCUT2D eigenvalue weighted by atomic mass is 14.8. The lowest BCUT2D eigenvalue weighted by molar-refractivity contribution is 0.104. The van der Waals surface area contributed by atoms with Crippen LogP contribution >= 0.6 is 0 Å². The molecule has 2 rings (SSSR count). The van der Waals surface area contributed by atoms with Gasteiger partial charge in [0.1, 0.15) is 0 Å². The summed E-state index contributed by atoms with van der Waals surface area (Å²) in [5, 5.41) is 3.34. The second-order valence-corrected chi connectivity index (χ2v) is 5.68. The summed E-state index contributed by atoms with van der Waals surface area (Å²) in [5.74, 6) is 4.16. The topological polar surface area (TPSA) is 12.0 Å². The second kappa shape index (κ2) is 4.65. The maximum atomic E-state index is 3.34. The van der Waals surface area contributed by atoms with Crippen molar-refractivity contribution in [1.82, 2.24) is 5.32 Å². The number of rotatable bonds is 2. The lowest BCUT2D eigenvalue weighted by Gasteiger charge is -2.41. The SMILES string of the molecule is CNCC1CCC2CC(C)CCC2C1. The highest BCUT2D eigenvalue weighted by Crippen LogP contribution is 2.44. The molecule has 0 aromatic heterocycles. The van der Waals surface area contributed by atoms with Crippen LogP contribution in [0, 0.1) is 23.7 Å². The molecule has 2 aliphatic rings. The van der Waals surface area contributed by atoms with Gasteiger partial charge < -0.3 is 5.32 Å². The van der Waals surface area contributed by atoms with Crippen molar-refractivity contribution in [3.8, 4) is 0 Å². The summed E-state index contributed by atoms with van der Waals surface area (Å²) in [4.78, 5) is 0. The van der Waals surface area contributed by atoms with Crippen LogP contribution in [0.25, 0.3) is 0 Å². The molecule has 14 heavy (non-hydrogen) atoms. The second-order valence-electron chi connectivity index (χ2n) is 5.68. The Kier molecular flexibility index (Phi) is 3.48. The van der Waals surface area contributed by atoms with E-state index in [9.17, 15) is 0 Å². The van der Waals surface area contributed by atoms with Gasteiger partial charge in [0.15, 0.2) is 0 Å². The predicted molar refractivity (Wildman–Crippen MR) is 61.3 cm³/mol. The van der Waals surface area contributed by atoms with Crippen molar-refractivity contribution in [3.63, 3.8) is 0 Å². The lowest BCUT2D eigenvalue weighted by atomic mass is 9.65. The normalized spacial score (nSPS) is 43.3. The summed E-state index contributed by atoms with van der Waals surface area (Å²) in [6, 6.07) is 0. The number of fused-ring (bicyclic) bond motifs is 1. The molecule has 2 saturated carbocycles. The Morgan fingerprint density at radius 1 is 1.00 bits per heavy atom. The van der Waals surface area contributed by atoms with Crippen molar-refractivity contribution >= 4 is 0 Å². The van der Waals surface area contributed by atoms with E-state index < -0.39 is 0 Å². The Morgan fingerprint density at radius 2 is 1.71 bits per heavy atom. The molecule has 0 spiro atoms. The molecule has 4 atom stereocenters. The van der Waals surface area contributed by atoms with Gasteiger partial charge in [0, 0.05) is 0 Å². The highest BCUT2D eigenvalue weighted by molar-refractivity contribution is 4.85. The minimum atomic E-state index is 0.981. The van der Waals surface area contributed by atoms with Gasteiger partial charge in [-0.05, 0) is 69.4 Å². The van der Waals surface area contributed by atoms with Crippen molar-refractivity contribution in [3.05, 3.63) is 0 Å². The van der Waals surface area contributed by atoms with Crippen LogP contribution in [0.3, 0.4) is 0 Å². The van der Waals surface area contributed by atoms with Crippen LogP contribution in [0.4, 0.5) is 0 Å². The molecule has 2 aliphatic carbocycles. The van der Waals surface area contributed by atoms with Crippen molar-refractivity contribution in [2.24, 2.45) is 23.7 Å². The Balaban J connectivity index is 1.85. The summed E-state index contributed by atoms with van der Waals surface area (Å²) < 4.78 is 0. The third kappa shape index (κ3) is 2.31. The van der Waals surface area contributed by atoms with Gasteiger partial charge in [-0.3, -0.25) is 0 Å². The smallest absolute Gasteiger partial charge is 0.00234 e. The van der Waals surface area contributed by atoms with Gasteiger partial charge in [0.05, 0.1) is 0 Å². The highest BCUT2D eigenvalue weighted by Gasteiger charge is 2.33. The van der Waals surface area contributed by atoms with Crippen LogP contribution in [0.15, 0.2) is 0 Å². The Labute approximate surface area is 88.7 Å². The van der Waals surface area contributed by atoms with Crippen LogP contribution in [-0.2, 0) is 0 Å². The van der Waals surface area contributed by atoms with E-state index in [2.05, 4.69) is 19.3 Å². The van der Waals surface area contributed by atoms with E-state index in [0.717, 1.165) is 23.7 Å². The number of hydrogen-bond acceptors (Lipinski definition) is 1. The molecular weight excluding hydrogens is 170 g/mol. The molecule has 0 radical (unpaired) electrons. The van der Waals surface area contributed by atoms with E-state index in [4.69, 9.17) is 0 Å². The van der Waals surface area contributed by atoms with Crippen LogP contribution in [-0.4, -0.2) is 13.6 Å². The van der Waals surface area contributed by atoms with Gasteiger partial charge in [-0.1, -0.05) is 13.3 Å². The largest absolute Gasteiger partial charge is 0.319 e. The minimum Gasteiger partial charge on any atom is -0.319 e. The molecule has 0 bridgehead atoms. The standard InChI is InChI=1S/C13H25N/c1-10-3-5-13-8-11(9-14-2)4-6-12(13)7-10/h10-14H,3-9H2,1-2H3. The molecule has 0 heterocycles. The number of nitrogens with one attached hydrogen (secondary N) is 1. The third-order valence-corrected chi connectivity index (χ3v) is 4.48. The molecule has 0 amide bonds. The molecular formula is C13H25N. The molecule has 2 fully saturated rings. The lowest BCUT2D eigenvalue weighted by Crippen LogP contribution is -2.33. The monoisotopic (exact) mass is 195 g/mol. The first-order valence-electron chi connectivity index (χ1n) is 6.44. The molecule has 4 unspecified atom stereocenters. The van der Waals surface area contributed by atoms with Gasteiger partial charge in [-0.25, -0.2) is 0 Å². The molecule has 0 aliphatic heterocycles. The average Bonchev–Trinajstić information content (AvgIpc) is 2.19. The third-order valence-electron chi connectivity index (χ3n) is 4.48. The van der Waals surface area contributed by atoms with Crippen molar-refractivity contribution in [1.29, 1.82) is 0 Å². The fraction of sp³-hybridized carbons (Fsp3) is 1.00. The summed E-state index contributed by atoms with van der Waals surface area (Å²) in [7, 11) is 2.09. The average molecular weight is 195 g/mol. The van der Waals surface area contributed by atoms with Gasteiger partial charge in [0.2, 0.25) is 0 Å². The first-order chi connectivity index (χ1) is 6.79. The van der Waals surface area contributed by atoms with Crippen molar-refractivity contribution in [2.45, 2.75) is 45.4 Å². The molecule has 0 aromatic carbocycles. The minimum absolute atomic E-state index is 0.981. The number of hydrogen-bond donors (Lipinski definition) is 1. The fourth-order valence-corrected chi connectivity index (χ4v) is 3.70. The Morgan fingerprint density at radius 3 is 2.50 bits per heavy atom. The van der Waals surface area contributed by atoms with Crippen LogP contribution in [0.5, 0.6) is 0 Å². The maximum absolute atomic E-state index is 3.34. The van der Waals surface area contributed by atoms with Gasteiger partial charge >= 0.3 is 0 Å². The Bertz CT molecular complexity index is 178. The van der Waals surface area contributed by atoms with Crippen LogP contribution in [0.2, 0.25) is 0 Å². The Hall–Kier alpha value is -0.0400. The van der Waals surface area contributed by atoms with E-state index >= 15 is 0 Å². The summed E-state index contributed by atoms with van der Waals surface area (Å²) in [6.07, 6.45) is 9.05. The van der Waals surface area contributed by atoms with E-state index in [-0.39, 0.29) is 0 Å². The molecule has 1 nitrogen and oxygen atoms in total. The van der Waals surface area contributed by atoms with Crippen LogP contribution in [0.1, 0.15) is 45.4 Å².